The summed E-state index contributed by atoms with van der Waals surface area (Å²) in [5, 5.41) is 12.8. The van der Waals surface area contributed by atoms with Crippen LogP contribution in [0.3, 0.4) is 0 Å². The second-order valence-electron chi connectivity index (χ2n) is 3.68. The minimum Gasteiger partial charge on any atom is -0.399 e. The van der Waals surface area contributed by atoms with E-state index in [2.05, 4.69) is 24.6 Å². The molecule has 0 aliphatic carbocycles. The van der Waals surface area contributed by atoms with Crippen molar-refractivity contribution in [3.05, 3.63) is 23.8 Å². The predicted octanol–water partition coefficient (Wildman–Crippen LogP) is 2.69. The van der Waals surface area contributed by atoms with Crippen LogP contribution in [-0.2, 0) is 0 Å². The zero-order valence-corrected chi connectivity index (χ0v) is 10.5. The molecule has 0 aromatic heterocycles. The van der Waals surface area contributed by atoms with Crippen molar-refractivity contribution in [2.45, 2.75) is 18.6 Å². The number of hydrogen-bond donors (Lipinski definition) is 2. The molecule has 0 radical (unpaired) electrons. The summed E-state index contributed by atoms with van der Waals surface area (Å²) in [6.07, 6.45) is 3.19. The maximum absolute atomic E-state index is 8.95. The lowest BCUT2D eigenvalue weighted by Crippen LogP contribution is -2.08. The number of nitrogens with two attached hydrogens (primary N) is 1. The molecule has 0 amide bonds. The summed E-state index contributed by atoms with van der Waals surface area (Å²) in [5.74, 6) is 0. The SMILES string of the molecule is CSC(C)CCNc1ccc(N)cc1C#N. The van der Waals surface area contributed by atoms with E-state index < -0.39 is 0 Å². The molecular weight excluding hydrogens is 218 g/mol. The second kappa shape index (κ2) is 6.29. The van der Waals surface area contributed by atoms with Gasteiger partial charge < -0.3 is 11.1 Å². The number of anilines is 2. The number of nitrogens with one attached hydrogen (secondary N) is 1. The van der Waals surface area contributed by atoms with Crippen molar-refractivity contribution in [3.8, 4) is 6.07 Å². The van der Waals surface area contributed by atoms with Crippen LogP contribution in [0, 0.1) is 11.3 Å². The molecule has 0 heterocycles. The van der Waals surface area contributed by atoms with Gasteiger partial charge in [-0.25, -0.2) is 0 Å². The summed E-state index contributed by atoms with van der Waals surface area (Å²) in [7, 11) is 0. The molecule has 0 saturated carbocycles. The zero-order valence-electron chi connectivity index (χ0n) is 9.66. The quantitative estimate of drug-likeness (QED) is 0.770. The molecule has 1 aromatic carbocycles. The van der Waals surface area contributed by atoms with Crippen molar-refractivity contribution >= 4 is 23.1 Å². The molecule has 0 fully saturated rings. The zero-order chi connectivity index (χ0) is 12.0. The highest BCUT2D eigenvalue weighted by molar-refractivity contribution is 7.99. The molecule has 0 aliphatic heterocycles. The monoisotopic (exact) mass is 235 g/mol. The van der Waals surface area contributed by atoms with E-state index in [4.69, 9.17) is 11.0 Å². The maximum Gasteiger partial charge on any atom is 0.101 e. The first-order valence-electron chi connectivity index (χ1n) is 5.23. The normalized spacial score (nSPS) is 11.8. The molecule has 0 saturated heterocycles. The van der Waals surface area contributed by atoms with Gasteiger partial charge >= 0.3 is 0 Å². The van der Waals surface area contributed by atoms with E-state index in [1.807, 2.05) is 17.8 Å². The van der Waals surface area contributed by atoms with Crippen molar-refractivity contribution < 1.29 is 0 Å². The van der Waals surface area contributed by atoms with Gasteiger partial charge in [-0.1, -0.05) is 6.92 Å². The van der Waals surface area contributed by atoms with Crippen molar-refractivity contribution in [2.24, 2.45) is 0 Å². The molecule has 0 aliphatic rings. The molecule has 3 nitrogen and oxygen atoms in total. The average Bonchev–Trinajstić information content (AvgIpc) is 2.30. The fourth-order valence-electron chi connectivity index (χ4n) is 1.34. The highest BCUT2D eigenvalue weighted by atomic mass is 32.2. The number of rotatable bonds is 5. The minimum absolute atomic E-state index is 0.608. The fourth-order valence-corrected chi connectivity index (χ4v) is 1.69. The van der Waals surface area contributed by atoms with Gasteiger partial charge in [0, 0.05) is 17.5 Å². The average molecular weight is 235 g/mol. The number of nitriles is 1. The number of hydrogen-bond acceptors (Lipinski definition) is 4. The first-order valence-corrected chi connectivity index (χ1v) is 6.52. The first kappa shape index (κ1) is 12.7. The third kappa shape index (κ3) is 3.67. The van der Waals surface area contributed by atoms with Gasteiger partial charge in [0.2, 0.25) is 0 Å². The molecule has 4 heteroatoms. The van der Waals surface area contributed by atoms with Gasteiger partial charge in [-0.3, -0.25) is 0 Å². The third-order valence-electron chi connectivity index (χ3n) is 2.43. The fraction of sp³-hybridized carbons (Fsp3) is 0.417. The maximum atomic E-state index is 8.95. The van der Waals surface area contributed by atoms with Crippen LogP contribution < -0.4 is 11.1 Å². The van der Waals surface area contributed by atoms with Crippen LogP contribution in [0.4, 0.5) is 11.4 Å². The number of thioether (sulfide) groups is 1. The molecule has 1 rings (SSSR count). The molecule has 1 atom stereocenters. The molecule has 1 aromatic rings. The van der Waals surface area contributed by atoms with Gasteiger partial charge in [0.05, 0.1) is 11.3 Å². The van der Waals surface area contributed by atoms with E-state index in [1.54, 1.807) is 12.1 Å². The van der Waals surface area contributed by atoms with E-state index in [-0.39, 0.29) is 0 Å². The Bertz CT molecular complexity index is 384. The summed E-state index contributed by atoms with van der Waals surface area (Å²) < 4.78 is 0. The van der Waals surface area contributed by atoms with E-state index >= 15 is 0 Å². The van der Waals surface area contributed by atoms with Gasteiger partial charge in [-0.15, -0.1) is 0 Å². The second-order valence-corrected chi connectivity index (χ2v) is 4.95. The number of nitrogen functional groups attached to an aromatic ring is 1. The molecular formula is C12H17N3S. The molecule has 0 spiro atoms. The van der Waals surface area contributed by atoms with Crippen LogP contribution in [0.5, 0.6) is 0 Å². The van der Waals surface area contributed by atoms with Crippen molar-refractivity contribution in [1.82, 2.24) is 0 Å². The van der Waals surface area contributed by atoms with Crippen LogP contribution in [0.25, 0.3) is 0 Å². The predicted molar refractivity (Wildman–Crippen MR) is 71.7 cm³/mol. The van der Waals surface area contributed by atoms with Crippen molar-refractivity contribution in [1.29, 1.82) is 5.26 Å². The Morgan fingerprint density at radius 2 is 2.31 bits per heavy atom. The van der Waals surface area contributed by atoms with Gasteiger partial charge in [-0.05, 0) is 30.9 Å². The van der Waals surface area contributed by atoms with Crippen LogP contribution in [0.2, 0.25) is 0 Å². The lowest BCUT2D eigenvalue weighted by atomic mass is 10.1. The minimum atomic E-state index is 0.608. The van der Waals surface area contributed by atoms with E-state index in [0.717, 1.165) is 18.7 Å². The van der Waals surface area contributed by atoms with E-state index in [0.29, 0.717) is 16.5 Å². The highest BCUT2D eigenvalue weighted by Crippen LogP contribution is 2.18. The topological polar surface area (TPSA) is 61.8 Å². The lowest BCUT2D eigenvalue weighted by Gasteiger charge is -2.11. The number of nitrogens with zero attached hydrogens (tertiary/aromatic N) is 1. The number of benzene rings is 1. The van der Waals surface area contributed by atoms with Crippen LogP contribution in [0.1, 0.15) is 18.9 Å². The van der Waals surface area contributed by atoms with Gasteiger partial charge in [0.1, 0.15) is 6.07 Å². The summed E-state index contributed by atoms with van der Waals surface area (Å²) in [4.78, 5) is 0. The largest absolute Gasteiger partial charge is 0.399 e. The van der Waals surface area contributed by atoms with Crippen molar-refractivity contribution in [3.63, 3.8) is 0 Å². The standard InChI is InChI=1S/C12H17N3S/c1-9(16-2)5-6-15-12-4-3-11(14)7-10(12)8-13/h3-4,7,9,15H,5-6,14H2,1-2H3. The van der Waals surface area contributed by atoms with Gasteiger partial charge in [0.15, 0.2) is 0 Å². The Labute approximate surface area is 101 Å². The van der Waals surface area contributed by atoms with E-state index in [1.165, 1.54) is 0 Å². The summed E-state index contributed by atoms with van der Waals surface area (Å²) >= 11 is 1.85. The van der Waals surface area contributed by atoms with Gasteiger partial charge in [0.25, 0.3) is 0 Å². The van der Waals surface area contributed by atoms with Gasteiger partial charge in [-0.2, -0.15) is 17.0 Å². The summed E-state index contributed by atoms with van der Waals surface area (Å²) in [6, 6.07) is 7.50. The highest BCUT2D eigenvalue weighted by Gasteiger charge is 2.03. The molecule has 0 bridgehead atoms. The van der Waals surface area contributed by atoms with Crippen molar-refractivity contribution in [2.75, 3.05) is 23.9 Å². The Morgan fingerprint density at radius 1 is 1.56 bits per heavy atom. The smallest absolute Gasteiger partial charge is 0.101 e. The molecule has 3 N–H and O–H groups in total. The van der Waals surface area contributed by atoms with Crippen LogP contribution in [0.15, 0.2) is 18.2 Å². The lowest BCUT2D eigenvalue weighted by molar-refractivity contribution is 0.853. The summed E-state index contributed by atoms with van der Waals surface area (Å²) in [5.41, 5.74) is 7.72. The van der Waals surface area contributed by atoms with Crippen LogP contribution >= 0.6 is 11.8 Å². The Morgan fingerprint density at radius 3 is 2.94 bits per heavy atom. The first-order chi connectivity index (χ1) is 7.67. The molecule has 86 valence electrons. The third-order valence-corrected chi connectivity index (χ3v) is 3.47. The molecule has 1 unspecified atom stereocenters. The Hall–Kier alpha value is -1.34. The summed E-state index contributed by atoms with van der Waals surface area (Å²) in [6.45, 7) is 3.07. The Balaban J connectivity index is 2.57. The Kier molecular flexibility index (Phi) is 5.00. The molecule has 16 heavy (non-hydrogen) atoms. The van der Waals surface area contributed by atoms with E-state index in [9.17, 15) is 0 Å². The van der Waals surface area contributed by atoms with Crippen LogP contribution in [-0.4, -0.2) is 18.1 Å².